The SMILES string of the molecule is CN1CCC(I)CC1O. The number of piperidine rings is 1. The first-order valence-electron chi connectivity index (χ1n) is 3.22. The molecular weight excluding hydrogens is 229 g/mol. The fraction of sp³-hybridized carbons (Fsp3) is 1.00. The first kappa shape index (κ1) is 7.75. The second-order valence-electron chi connectivity index (χ2n) is 2.58. The van der Waals surface area contributed by atoms with Crippen molar-refractivity contribution in [3.8, 4) is 0 Å². The van der Waals surface area contributed by atoms with Gasteiger partial charge in [-0.25, -0.2) is 0 Å². The zero-order valence-corrected chi connectivity index (χ0v) is 7.71. The quantitative estimate of drug-likeness (QED) is 0.501. The Kier molecular flexibility index (Phi) is 2.73. The Labute approximate surface area is 69.4 Å². The van der Waals surface area contributed by atoms with Gasteiger partial charge in [0.1, 0.15) is 6.23 Å². The van der Waals surface area contributed by atoms with Gasteiger partial charge in [0.2, 0.25) is 0 Å². The molecule has 0 aromatic heterocycles. The molecule has 1 saturated heterocycles. The van der Waals surface area contributed by atoms with Gasteiger partial charge in [-0.05, 0) is 19.9 Å². The van der Waals surface area contributed by atoms with Crippen molar-refractivity contribution < 1.29 is 5.11 Å². The number of nitrogens with zero attached hydrogens (tertiary/aromatic N) is 1. The summed E-state index contributed by atoms with van der Waals surface area (Å²) in [4.78, 5) is 2.00. The maximum absolute atomic E-state index is 9.27. The maximum atomic E-state index is 9.27. The van der Waals surface area contributed by atoms with E-state index < -0.39 is 0 Å². The molecule has 2 unspecified atom stereocenters. The smallest absolute Gasteiger partial charge is 0.108 e. The molecule has 0 aliphatic carbocycles. The standard InChI is InChI=1S/C6H12INO/c1-8-3-2-5(7)4-6(8)9/h5-6,9H,2-4H2,1H3. The van der Waals surface area contributed by atoms with Crippen LogP contribution in [0.15, 0.2) is 0 Å². The lowest BCUT2D eigenvalue weighted by molar-refractivity contribution is -0.00180. The number of aliphatic hydroxyl groups excluding tert-OH is 1. The van der Waals surface area contributed by atoms with Crippen LogP contribution in [0.5, 0.6) is 0 Å². The van der Waals surface area contributed by atoms with Crippen molar-refractivity contribution >= 4 is 22.6 Å². The van der Waals surface area contributed by atoms with E-state index in [0.717, 1.165) is 13.0 Å². The number of alkyl halides is 1. The molecule has 1 heterocycles. The molecule has 1 fully saturated rings. The third kappa shape index (κ3) is 2.05. The minimum Gasteiger partial charge on any atom is -0.378 e. The molecule has 0 aromatic carbocycles. The zero-order chi connectivity index (χ0) is 6.85. The van der Waals surface area contributed by atoms with Gasteiger partial charge in [-0.1, -0.05) is 22.6 Å². The van der Waals surface area contributed by atoms with E-state index in [9.17, 15) is 5.11 Å². The van der Waals surface area contributed by atoms with Crippen molar-refractivity contribution in [3.05, 3.63) is 0 Å². The van der Waals surface area contributed by atoms with Crippen LogP contribution in [0.2, 0.25) is 0 Å². The molecule has 0 saturated carbocycles. The van der Waals surface area contributed by atoms with Gasteiger partial charge in [0, 0.05) is 10.5 Å². The van der Waals surface area contributed by atoms with Gasteiger partial charge in [-0.2, -0.15) is 0 Å². The lowest BCUT2D eigenvalue weighted by Crippen LogP contribution is -2.39. The summed E-state index contributed by atoms with van der Waals surface area (Å²) in [6.45, 7) is 1.04. The average Bonchev–Trinajstić information content (AvgIpc) is 1.80. The van der Waals surface area contributed by atoms with Crippen LogP contribution in [0, 0.1) is 0 Å². The second-order valence-corrected chi connectivity index (χ2v) is 4.34. The number of rotatable bonds is 0. The van der Waals surface area contributed by atoms with E-state index in [-0.39, 0.29) is 6.23 Å². The summed E-state index contributed by atoms with van der Waals surface area (Å²) < 4.78 is 0.675. The minimum atomic E-state index is -0.194. The fourth-order valence-corrected chi connectivity index (χ4v) is 1.75. The van der Waals surface area contributed by atoms with E-state index in [2.05, 4.69) is 22.6 Å². The van der Waals surface area contributed by atoms with E-state index in [1.165, 1.54) is 6.42 Å². The monoisotopic (exact) mass is 241 g/mol. The molecule has 1 aliphatic heterocycles. The van der Waals surface area contributed by atoms with E-state index in [1.54, 1.807) is 0 Å². The Morgan fingerprint density at radius 2 is 2.33 bits per heavy atom. The van der Waals surface area contributed by atoms with Crippen LogP contribution >= 0.6 is 22.6 Å². The Hall–Kier alpha value is 0.650. The Bertz CT molecular complexity index is 99.1. The largest absolute Gasteiger partial charge is 0.378 e. The van der Waals surface area contributed by atoms with Crippen molar-refractivity contribution in [2.45, 2.75) is 23.0 Å². The predicted molar refractivity (Wildman–Crippen MR) is 45.7 cm³/mol. The van der Waals surface area contributed by atoms with Gasteiger partial charge in [-0.15, -0.1) is 0 Å². The Morgan fingerprint density at radius 1 is 1.67 bits per heavy atom. The van der Waals surface area contributed by atoms with E-state index in [4.69, 9.17) is 0 Å². The van der Waals surface area contributed by atoms with Crippen molar-refractivity contribution in [1.82, 2.24) is 4.90 Å². The molecule has 2 atom stereocenters. The van der Waals surface area contributed by atoms with Gasteiger partial charge in [0.05, 0.1) is 0 Å². The van der Waals surface area contributed by atoms with Gasteiger partial charge in [-0.3, -0.25) is 4.90 Å². The molecule has 0 aromatic rings. The predicted octanol–water partition coefficient (Wildman–Crippen LogP) is 0.834. The molecule has 1 rings (SSSR count). The molecule has 0 spiro atoms. The third-order valence-electron chi connectivity index (χ3n) is 1.77. The molecule has 0 bridgehead atoms. The van der Waals surface area contributed by atoms with Gasteiger partial charge in [0.25, 0.3) is 0 Å². The van der Waals surface area contributed by atoms with Crippen LogP contribution in [0.3, 0.4) is 0 Å². The van der Waals surface area contributed by atoms with Crippen LogP contribution in [0.1, 0.15) is 12.8 Å². The maximum Gasteiger partial charge on any atom is 0.108 e. The lowest BCUT2D eigenvalue weighted by atomic mass is 10.1. The third-order valence-corrected chi connectivity index (χ3v) is 2.90. The lowest BCUT2D eigenvalue weighted by Gasteiger charge is -2.30. The van der Waals surface area contributed by atoms with E-state index >= 15 is 0 Å². The highest BCUT2D eigenvalue weighted by atomic mass is 127. The normalized spacial score (nSPS) is 39.0. The molecule has 2 nitrogen and oxygen atoms in total. The van der Waals surface area contributed by atoms with Crippen LogP contribution in [0.25, 0.3) is 0 Å². The van der Waals surface area contributed by atoms with Crippen molar-refractivity contribution in [3.63, 3.8) is 0 Å². The van der Waals surface area contributed by atoms with Crippen molar-refractivity contribution in [2.75, 3.05) is 13.6 Å². The van der Waals surface area contributed by atoms with Crippen LogP contribution in [-0.4, -0.2) is 33.8 Å². The molecule has 1 N–H and O–H groups in total. The zero-order valence-electron chi connectivity index (χ0n) is 5.55. The number of likely N-dealkylation sites (tertiary alicyclic amines) is 1. The molecular formula is C6H12INO. The summed E-state index contributed by atoms with van der Waals surface area (Å²) in [5, 5.41) is 9.27. The number of halogens is 1. The Morgan fingerprint density at radius 3 is 2.78 bits per heavy atom. The highest BCUT2D eigenvalue weighted by molar-refractivity contribution is 14.1. The highest BCUT2D eigenvalue weighted by Crippen LogP contribution is 2.20. The number of hydrogen-bond donors (Lipinski definition) is 1. The molecule has 9 heavy (non-hydrogen) atoms. The summed E-state index contributed by atoms with van der Waals surface area (Å²) in [6, 6.07) is 0. The molecule has 54 valence electrons. The summed E-state index contributed by atoms with van der Waals surface area (Å²) in [6.07, 6.45) is 1.95. The van der Waals surface area contributed by atoms with Crippen molar-refractivity contribution in [2.24, 2.45) is 0 Å². The number of hydrogen-bond acceptors (Lipinski definition) is 2. The summed E-state index contributed by atoms with van der Waals surface area (Å²) >= 11 is 2.40. The minimum absolute atomic E-state index is 0.194. The number of aliphatic hydroxyl groups is 1. The van der Waals surface area contributed by atoms with Crippen molar-refractivity contribution in [1.29, 1.82) is 0 Å². The summed E-state index contributed by atoms with van der Waals surface area (Å²) in [5.41, 5.74) is 0. The van der Waals surface area contributed by atoms with Gasteiger partial charge in [0.15, 0.2) is 0 Å². The topological polar surface area (TPSA) is 23.5 Å². The fourth-order valence-electron chi connectivity index (χ4n) is 1.02. The van der Waals surface area contributed by atoms with Crippen LogP contribution in [0.4, 0.5) is 0 Å². The second kappa shape index (κ2) is 3.16. The van der Waals surface area contributed by atoms with Crippen LogP contribution < -0.4 is 0 Å². The van der Waals surface area contributed by atoms with Crippen LogP contribution in [-0.2, 0) is 0 Å². The highest BCUT2D eigenvalue weighted by Gasteiger charge is 2.21. The first-order valence-corrected chi connectivity index (χ1v) is 4.47. The van der Waals surface area contributed by atoms with E-state index in [0.29, 0.717) is 3.92 Å². The van der Waals surface area contributed by atoms with E-state index in [1.807, 2.05) is 11.9 Å². The summed E-state index contributed by atoms with van der Waals surface area (Å²) in [5.74, 6) is 0. The van der Waals surface area contributed by atoms with Gasteiger partial charge < -0.3 is 5.11 Å². The molecule has 0 amide bonds. The first-order chi connectivity index (χ1) is 4.20. The summed E-state index contributed by atoms with van der Waals surface area (Å²) in [7, 11) is 1.97. The van der Waals surface area contributed by atoms with Gasteiger partial charge >= 0.3 is 0 Å². The average molecular weight is 241 g/mol. The molecule has 3 heteroatoms. The molecule has 0 radical (unpaired) electrons. The Balaban J connectivity index is 2.35. The molecule has 1 aliphatic rings.